The first-order chi connectivity index (χ1) is 14.1. The first-order valence-electron chi connectivity index (χ1n) is 10.6. The van der Waals surface area contributed by atoms with E-state index in [-0.39, 0.29) is 11.8 Å². The highest BCUT2D eigenvalue weighted by Crippen LogP contribution is 2.29. The summed E-state index contributed by atoms with van der Waals surface area (Å²) in [6, 6.07) is 1.93. The van der Waals surface area contributed by atoms with E-state index in [9.17, 15) is 4.79 Å². The largest absolute Gasteiger partial charge is 0.338 e. The lowest BCUT2D eigenvalue weighted by atomic mass is 9.96. The Morgan fingerprint density at radius 2 is 2.03 bits per heavy atom. The summed E-state index contributed by atoms with van der Waals surface area (Å²) < 4.78 is 4.07. The van der Waals surface area contributed by atoms with Gasteiger partial charge in [0.1, 0.15) is 11.6 Å². The van der Waals surface area contributed by atoms with Crippen molar-refractivity contribution in [1.82, 2.24) is 34.4 Å². The molecule has 1 fully saturated rings. The predicted molar refractivity (Wildman–Crippen MR) is 109 cm³/mol. The number of piperidine rings is 1. The average molecular weight is 393 g/mol. The number of hydrogen-bond donors (Lipinski definition) is 0. The third-order valence-electron chi connectivity index (χ3n) is 6.32. The number of rotatable bonds is 2. The van der Waals surface area contributed by atoms with E-state index in [0.717, 1.165) is 60.7 Å². The van der Waals surface area contributed by atoms with Crippen LogP contribution in [0, 0.1) is 6.92 Å². The highest BCUT2D eigenvalue weighted by molar-refractivity contribution is 5.97. The van der Waals surface area contributed by atoms with E-state index in [1.807, 2.05) is 24.9 Å². The molecule has 0 aliphatic carbocycles. The van der Waals surface area contributed by atoms with Crippen molar-refractivity contribution < 1.29 is 4.79 Å². The molecule has 0 bridgehead atoms. The van der Waals surface area contributed by atoms with E-state index in [1.54, 1.807) is 10.9 Å². The van der Waals surface area contributed by atoms with Gasteiger partial charge in [0.15, 0.2) is 5.65 Å². The van der Waals surface area contributed by atoms with Crippen LogP contribution in [-0.2, 0) is 20.0 Å². The fraction of sp³-hybridized carbons (Fsp3) is 0.571. The lowest BCUT2D eigenvalue weighted by Gasteiger charge is -2.32. The molecule has 8 nitrogen and oxygen atoms in total. The fourth-order valence-corrected chi connectivity index (χ4v) is 4.79. The Labute approximate surface area is 169 Å². The average Bonchev–Trinajstić information content (AvgIpc) is 3.17. The highest BCUT2D eigenvalue weighted by atomic mass is 16.2. The van der Waals surface area contributed by atoms with Gasteiger partial charge in [-0.1, -0.05) is 6.42 Å². The summed E-state index contributed by atoms with van der Waals surface area (Å²) in [5.41, 5.74) is 2.34. The van der Waals surface area contributed by atoms with Gasteiger partial charge in [-0.3, -0.25) is 9.48 Å². The summed E-state index contributed by atoms with van der Waals surface area (Å²) >= 11 is 0. The second-order valence-corrected chi connectivity index (χ2v) is 8.33. The maximum atomic E-state index is 13.2. The molecule has 1 amide bonds. The van der Waals surface area contributed by atoms with Gasteiger partial charge in [0.25, 0.3) is 5.91 Å². The van der Waals surface area contributed by atoms with Crippen molar-refractivity contribution in [3.05, 3.63) is 35.2 Å². The molecule has 2 aliphatic rings. The number of aryl methyl sites for hydroxylation is 3. The Bertz CT molecular complexity index is 1070. The Morgan fingerprint density at radius 3 is 2.93 bits per heavy atom. The number of carbonyl (C=O) groups excluding carboxylic acids is 1. The van der Waals surface area contributed by atoms with Crippen molar-refractivity contribution in [3.63, 3.8) is 0 Å². The Hall–Kier alpha value is -2.77. The van der Waals surface area contributed by atoms with Crippen molar-refractivity contribution in [2.75, 3.05) is 13.1 Å². The van der Waals surface area contributed by atoms with Gasteiger partial charge in [0.2, 0.25) is 0 Å². The summed E-state index contributed by atoms with van der Waals surface area (Å²) in [4.78, 5) is 19.7. The van der Waals surface area contributed by atoms with Crippen LogP contribution in [0.15, 0.2) is 12.3 Å². The maximum absolute atomic E-state index is 13.2. The summed E-state index contributed by atoms with van der Waals surface area (Å²) in [6.07, 6.45) is 8.36. The minimum absolute atomic E-state index is 0.0444. The number of carbonyl (C=O) groups is 1. The third-order valence-corrected chi connectivity index (χ3v) is 6.32. The van der Waals surface area contributed by atoms with Crippen molar-refractivity contribution in [1.29, 1.82) is 0 Å². The molecule has 3 aromatic rings. The smallest absolute Gasteiger partial charge is 0.255 e. The SMILES string of the molecule is Cc1nn(C)c2ncc(C(=O)N3CCCC(c4nnc5n4CCCCC5)C3)cc12. The Balaban J connectivity index is 1.39. The van der Waals surface area contributed by atoms with Crippen LogP contribution in [0.25, 0.3) is 11.0 Å². The number of fused-ring (bicyclic) bond motifs is 2. The number of likely N-dealkylation sites (tertiary alicyclic amines) is 1. The fourth-order valence-electron chi connectivity index (χ4n) is 4.79. The zero-order chi connectivity index (χ0) is 20.0. The molecule has 152 valence electrons. The molecule has 8 heteroatoms. The molecule has 0 radical (unpaired) electrons. The number of hydrogen-bond acceptors (Lipinski definition) is 5. The van der Waals surface area contributed by atoms with Crippen LogP contribution in [0.4, 0.5) is 0 Å². The van der Waals surface area contributed by atoms with E-state index >= 15 is 0 Å². The lowest BCUT2D eigenvalue weighted by molar-refractivity contribution is 0.0703. The van der Waals surface area contributed by atoms with Crippen LogP contribution in [-0.4, -0.2) is 53.4 Å². The van der Waals surface area contributed by atoms with Gasteiger partial charge in [0, 0.05) is 50.6 Å². The van der Waals surface area contributed by atoms with Crippen molar-refractivity contribution >= 4 is 16.9 Å². The standard InChI is InChI=1S/C21H27N7O/c1-14-17-11-16(12-22-20(17)26(2)25-14)21(29)27-9-6-7-15(13-27)19-24-23-18-8-4-3-5-10-28(18)19/h11-12,15H,3-10,13H2,1-2H3. The van der Waals surface area contributed by atoms with E-state index in [2.05, 4.69) is 24.8 Å². The van der Waals surface area contributed by atoms with Crippen LogP contribution in [0.1, 0.15) is 65.7 Å². The van der Waals surface area contributed by atoms with E-state index in [4.69, 9.17) is 0 Å². The van der Waals surface area contributed by atoms with Crippen LogP contribution >= 0.6 is 0 Å². The second kappa shape index (κ2) is 7.24. The van der Waals surface area contributed by atoms with Crippen LogP contribution in [0.3, 0.4) is 0 Å². The Morgan fingerprint density at radius 1 is 1.14 bits per heavy atom. The topological polar surface area (TPSA) is 81.7 Å². The number of aromatic nitrogens is 6. The molecule has 29 heavy (non-hydrogen) atoms. The van der Waals surface area contributed by atoms with Gasteiger partial charge in [0.05, 0.1) is 11.3 Å². The summed E-state index contributed by atoms with van der Waals surface area (Å²) in [5.74, 6) is 2.48. The zero-order valence-corrected chi connectivity index (χ0v) is 17.1. The van der Waals surface area contributed by atoms with Gasteiger partial charge in [-0.15, -0.1) is 10.2 Å². The molecule has 5 heterocycles. The molecule has 0 N–H and O–H groups in total. The second-order valence-electron chi connectivity index (χ2n) is 8.33. The summed E-state index contributed by atoms with van der Waals surface area (Å²) in [7, 11) is 1.88. The highest BCUT2D eigenvalue weighted by Gasteiger charge is 2.30. The number of pyridine rings is 1. The molecule has 1 unspecified atom stereocenters. The summed E-state index contributed by atoms with van der Waals surface area (Å²) in [5, 5.41) is 14.3. The minimum atomic E-state index is 0.0444. The number of amides is 1. The van der Waals surface area contributed by atoms with E-state index < -0.39 is 0 Å². The molecule has 1 saturated heterocycles. The van der Waals surface area contributed by atoms with E-state index in [0.29, 0.717) is 12.1 Å². The molecule has 2 aliphatic heterocycles. The van der Waals surface area contributed by atoms with Gasteiger partial charge in [-0.25, -0.2) is 4.98 Å². The van der Waals surface area contributed by atoms with E-state index in [1.165, 1.54) is 19.3 Å². The van der Waals surface area contributed by atoms with Crippen LogP contribution in [0.2, 0.25) is 0 Å². The van der Waals surface area contributed by atoms with Gasteiger partial charge in [-0.2, -0.15) is 5.10 Å². The van der Waals surface area contributed by atoms with Crippen LogP contribution < -0.4 is 0 Å². The molecule has 0 saturated carbocycles. The molecule has 1 atom stereocenters. The van der Waals surface area contributed by atoms with Crippen molar-refractivity contribution in [2.45, 2.75) is 57.9 Å². The molecular weight excluding hydrogens is 366 g/mol. The summed E-state index contributed by atoms with van der Waals surface area (Å²) in [6.45, 7) is 4.43. The van der Waals surface area contributed by atoms with Crippen molar-refractivity contribution in [2.24, 2.45) is 7.05 Å². The third kappa shape index (κ3) is 3.20. The molecular formula is C21H27N7O. The Kier molecular flexibility index (Phi) is 4.56. The minimum Gasteiger partial charge on any atom is -0.338 e. The first-order valence-corrected chi connectivity index (χ1v) is 10.6. The van der Waals surface area contributed by atoms with Gasteiger partial charge < -0.3 is 9.47 Å². The molecule has 0 spiro atoms. The first kappa shape index (κ1) is 18.3. The molecule has 3 aromatic heterocycles. The monoisotopic (exact) mass is 393 g/mol. The quantitative estimate of drug-likeness (QED) is 0.668. The molecule has 0 aromatic carbocycles. The van der Waals surface area contributed by atoms with Gasteiger partial charge >= 0.3 is 0 Å². The normalized spacial score (nSPS) is 19.9. The molecule has 5 rings (SSSR count). The van der Waals surface area contributed by atoms with Crippen LogP contribution in [0.5, 0.6) is 0 Å². The lowest BCUT2D eigenvalue weighted by Crippen LogP contribution is -2.39. The maximum Gasteiger partial charge on any atom is 0.255 e. The number of nitrogens with zero attached hydrogens (tertiary/aromatic N) is 7. The van der Waals surface area contributed by atoms with Crippen molar-refractivity contribution in [3.8, 4) is 0 Å². The predicted octanol–water partition coefficient (Wildman–Crippen LogP) is 2.61. The zero-order valence-electron chi connectivity index (χ0n) is 17.1. The van der Waals surface area contributed by atoms with Gasteiger partial charge in [-0.05, 0) is 38.7 Å².